The fraction of sp³-hybridized carbons (Fsp3) is 0.333. The van der Waals surface area contributed by atoms with Crippen molar-refractivity contribution >= 4 is 40.4 Å². The molecule has 0 fully saturated rings. The molecule has 1 atom stereocenters. The Kier molecular flexibility index (Phi) is 4.65. The minimum absolute atomic E-state index is 0.0713. The number of benzene rings is 1. The first-order chi connectivity index (χ1) is 12.8. The standard InChI is InChI=1S/C21H21Cl2N3O/c1-21(2)9-17-20(19(27)10-21)16(7-12-3-4-13(22)8-14(12)23)25-15-5-6-24-11-18(15)26-17/h3-6,8,11,16,25-26H,7,9-10H2,1-2H3. The average molecular weight is 402 g/mol. The van der Waals surface area contributed by atoms with Crippen LogP contribution in [0.4, 0.5) is 11.4 Å². The van der Waals surface area contributed by atoms with E-state index in [1.54, 1.807) is 18.5 Å². The number of fused-ring (bicyclic) bond motifs is 1. The van der Waals surface area contributed by atoms with Crippen LogP contribution in [0.25, 0.3) is 0 Å². The van der Waals surface area contributed by atoms with Gasteiger partial charge in [-0.25, -0.2) is 0 Å². The summed E-state index contributed by atoms with van der Waals surface area (Å²) in [5.41, 5.74) is 4.50. The van der Waals surface area contributed by atoms with Crippen molar-refractivity contribution in [3.63, 3.8) is 0 Å². The van der Waals surface area contributed by atoms with Crippen molar-refractivity contribution in [3.8, 4) is 0 Å². The number of Topliss-reactive ketones (excluding diaryl/α,β-unsaturated/α-hetero) is 1. The Bertz CT molecular complexity index is 952. The summed E-state index contributed by atoms with van der Waals surface area (Å²) in [6.45, 7) is 4.26. The van der Waals surface area contributed by atoms with Crippen LogP contribution in [0, 0.1) is 5.41 Å². The number of hydrogen-bond donors (Lipinski definition) is 2. The number of ketones is 1. The van der Waals surface area contributed by atoms with Crippen molar-refractivity contribution in [1.29, 1.82) is 0 Å². The van der Waals surface area contributed by atoms with E-state index in [9.17, 15) is 4.79 Å². The summed E-state index contributed by atoms with van der Waals surface area (Å²) in [6, 6.07) is 7.25. The fourth-order valence-corrected chi connectivity index (χ4v) is 4.44. The van der Waals surface area contributed by atoms with Gasteiger partial charge in [0.2, 0.25) is 0 Å². The summed E-state index contributed by atoms with van der Waals surface area (Å²) in [6.07, 6.45) is 5.49. The number of pyridine rings is 1. The second-order valence-corrected chi connectivity index (χ2v) is 8.86. The Morgan fingerprint density at radius 2 is 2.00 bits per heavy atom. The lowest BCUT2D eigenvalue weighted by atomic mass is 9.73. The maximum Gasteiger partial charge on any atom is 0.163 e. The number of halogens is 2. The molecule has 1 aromatic carbocycles. The lowest BCUT2D eigenvalue weighted by molar-refractivity contribution is -0.118. The van der Waals surface area contributed by atoms with E-state index in [2.05, 4.69) is 29.5 Å². The molecule has 2 N–H and O–H groups in total. The molecule has 0 bridgehead atoms. The van der Waals surface area contributed by atoms with Crippen LogP contribution in [0.3, 0.4) is 0 Å². The van der Waals surface area contributed by atoms with E-state index in [1.807, 2.05) is 18.2 Å². The second kappa shape index (κ2) is 6.84. The summed E-state index contributed by atoms with van der Waals surface area (Å²) in [4.78, 5) is 17.3. The summed E-state index contributed by atoms with van der Waals surface area (Å²) in [5, 5.41) is 8.22. The maximum atomic E-state index is 13.1. The normalized spacial score (nSPS) is 20.9. The van der Waals surface area contributed by atoms with E-state index in [0.29, 0.717) is 22.9 Å². The van der Waals surface area contributed by atoms with Gasteiger partial charge in [-0.15, -0.1) is 0 Å². The number of anilines is 2. The summed E-state index contributed by atoms with van der Waals surface area (Å²) in [5.74, 6) is 0.178. The highest BCUT2D eigenvalue weighted by Crippen LogP contribution is 2.42. The van der Waals surface area contributed by atoms with Crippen LogP contribution >= 0.6 is 23.2 Å². The molecule has 2 aromatic rings. The molecule has 2 heterocycles. The molecule has 6 heteroatoms. The minimum Gasteiger partial charge on any atom is -0.376 e. The minimum atomic E-state index is -0.168. The number of hydrogen-bond acceptors (Lipinski definition) is 4. The molecule has 0 amide bonds. The van der Waals surface area contributed by atoms with Crippen molar-refractivity contribution < 1.29 is 4.79 Å². The predicted octanol–water partition coefficient (Wildman–Crippen LogP) is 5.48. The van der Waals surface area contributed by atoms with Crippen LogP contribution in [0.15, 0.2) is 47.9 Å². The fourth-order valence-electron chi connectivity index (χ4n) is 3.95. The number of carbonyl (C=O) groups is 1. The number of allylic oxidation sites excluding steroid dienone is 1. The van der Waals surface area contributed by atoms with Crippen molar-refractivity contribution in [2.45, 2.75) is 39.2 Å². The van der Waals surface area contributed by atoms with Gasteiger partial charge in [0.15, 0.2) is 5.78 Å². The Morgan fingerprint density at radius 3 is 2.78 bits per heavy atom. The molecule has 0 radical (unpaired) electrons. The Hall–Kier alpha value is -2.04. The van der Waals surface area contributed by atoms with Gasteiger partial charge < -0.3 is 10.6 Å². The van der Waals surface area contributed by atoms with Gasteiger partial charge in [0.1, 0.15) is 0 Å². The van der Waals surface area contributed by atoms with E-state index in [0.717, 1.165) is 34.6 Å². The van der Waals surface area contributed by atoms with Gasteiger partial charge in [0, 0.05) is 33.9 Å². The molecule has 4 nitrogen and oxygen atoms in total. The third-order valence-electron chi connectivity index (χ3n) is 5.14. The molecular formula is C21H21Cl2N3O. The highest BCUT2D eigenvalue weighted by molar-refractivity contribution is 6.35. The first kappa shape index (κ1) is 18.3. The van der Waals surface area contributed by atoms with Gasteiger partial charge in [-0.05, 0) is 42.0 Å². The molecule has 4 rings (SSSR count). The largest absolute Gasteiger partial charge is 0.376 e. The average Bonchev–Trinajstić information content (AvgIpc) is 2.72. The van der Waals surface area contributed by atoms with E-state index in [1.165, 1.54) is 0 Å². The van der Waals surface area contributed by atoms with Gasteiger partial charge in [-0.2, -0.15) is 0 Å². The van der Waals surface area contributed by atoms with Crippen molar-refractivity contribution in [2.24, 2.45) is 5.41 Å². The molecule has 0 saturated heterocycles. The third-order valence-corrected chi connectivity index (χ3v) is 5.73. The van der Waals surface area contributed by atoms with Gasteiger partial charge in [0.05, 0.1) is 23.6 Å². The monoisotopic (exact) mass is 401 g/mol. The molecular weight excluding hydrogens is 381 g/mol. The van der Waals surface area contributed by atoms with E-state index in [-0.39, 0.29) is 17.2 Å². The molecule has 2 aliphatic rings. The maximum absolute atomic E-state index is 13.1. The highest BCUT2D eigenvalue weighted by Gasteiger charge is 2.38. The molecule has 1 aromatic heterocycles. The van der Waals surface area contributed by atoms with Crippen LogP contribution < -0.4 is 10.6 Å². The van der Waals surface area contributed by atoms with Gasteiger partial charge in [-0.3, -0.25) is 9.78 Å². The van der Waals surface area contributed by atoms with Crippen LogP contribution in [0.5, 0.6) is 0 Å². The van der Waals surface area contributed by atoms with E-state index >= 15 is 0 Å². The van der Waals surface area contributed by atoms with Crippen molar-refractivity contribution in [2.75, 3.05) is 10.6 Å². The SMILES string of the molecule is CC1(C)CC(=O)C2=C(C1)Nc1cnccc1NC2Cc1ccc(Cl)cc1Cl. The Balaban J connectivity index is 1.79. The van der Waals surface area contributed by atoms with Gasteiger partial charge in [-0.1, -0.05) is 43.1 Å². The molecule has 0 spiro atoms. The number of carbonyl (C=O) groups excluding carboxylic acids is 1. The van der Waals surface area contributed by atoms with Gasteiger partial charge >= 0.3 is 0 Å². The molecule has 140 valence electrons. The Morgan fingerprint density at radius 1 is 1.19 bits per heavy atom. The van der Waals surface area contributed by atoms with E-state index in [4.69, 9.17) is 23.2 Å². The van der Waals surface area contributed by atoms with Gasteiger partial charge in [0.25, 0.3) is 0 Å². The highest BCUT2D eigenvalue weighted by atomic mass is 35.5. The number of rotatable bonds is 2. The zero-order valence-electron chi connectivity index (χ0n) is 15.3. The topological polar surface area (TPSA) is 54.0 Å². The molecule has 1 unspecified atom stereocenters. The predicted molar refractivity (Wildman–Crippen MR) is 110 cm³/mol. The first-order valence-corrected chi connectivity index (χ1v) is 9.76. The van der Waals surface area contributed by atoms with Crippen LogP contribution in [-0.4, -0.2) is 16.8 Å². The first-order valence-electron chi connectivity index (χ1n) is 9.00. The summed E-state index contributed by atoms with van der Waals surface area (Å²) < 4.78 is 0. The van der Waals surface area contributed by atoms with E-state index < -0.39 is 0 Å². The van der Waals surface area contributed by atoms with Crippen molar-refractivity contribution in [1.82, 2.24) is 4.98 Å². The molecule has 27 heavy (non-hydrogen) atoms. The number of aromatic nitrogens is 1. The summed E-state index contributed by atoms with van der Waals surface area (Å²) >= 11 is 12.4. The van der Waals surface area contributed by atoms with Crippen molar-refractivity contribution in [3.05, 3.63) is 63.5 Å². The smallest absolute Gasteiger partial charge is 0.163 e. The number of nitrogens with zero attached hydrogens (tertiary/aromatic N) is 1. The zero-order chi connectivity index (χ0) is 19.2. The second-order valence-electron chi connectivity index (χ2n) is 8.02. The van der Waals surface area contributed by atoms with Crippen LogP contribution in [0.1, 0.15) is 32.3 Å². The third kappa shape index (κ3) is 3.69. The van der Waals surface area contributed by atoms with Crippen LogP contribution in [0.2, 0.25) is 10.0 Å². The molecule has 1 aliphatic carbocycles. The zero-order valence-corrected chi connectivity index (χ0v) is 16.8. The quantitative estimate of drug-likeness (QED) is 0.699. The lowest BCUT2D eigenvalue weighted by Crippen LogP contribution is -2.36. The number of nitrogens with one attached hydrogen (secondary N) is 2. The lowest BCUT2D eigenvalue weighted by Gasteiger charge is -2.34. The molecule has 1 aliphatic heterocycles. The Labute approximate surface area is 169 Å². The summed E-state index contributed by atoms with van der Waals surface area (Å²) in [7, 11) is 0. The molecule has 0 saturated carbocycles. The van der Waals surface area contributed by atoms with Crippen LogP contribution in [-0.2, 0) is 11.2 Å².